The van der Waals surface area contributed by atoms with E-state index >= 15 is 0 Å². The Bertz CT molecular complexity index is 1420. The number of fused-ring (bicyclic) bond motifs is 1. The molecule has 1 atom stereocenters. The smallest absolute Gasteiger partial charge is 0.307 e. The molecule has 0 saturated heterocycles. The fraction of sp³-hybridized carbons (Fsp3) is 0.115. The lowest BCUT2D eigenvalue weighted by Gasteiger charge is -2.18. The van der Waals surface area contributed by atoms with Crippen LogP contribution in [0.25, 0.3) is 10.8 Å². The topological polar surface area (TPSA) is 134 Å². The summed E-state index contributed by atoms with van der Waals surface area (Å²) in [5, 5.41) is 23.8. The number of aromatic hydroxyl groups is 1. The van der Waals surface area contributed by atoms with Crippen LogP contribution in [-0.2, 0) is 9.53 Å². The second-order valence-corrected chi connectivity index (χ2v) is 7.48. The van der Waals surface area contributed by atoms with Crippen LogP contribution in [0.4, 0.5) is 0 Å². The number of nitriles is 1. The highest BCUT2D eigenvalue weighted by atomic mass is 16.5. The molecular weight excluding hydrogens is 448 g/mol. The molecule has 2 aromatic heterocycles. The summed E-state index contributed by atoms with van der Waals surface area (Å²) in [5.41, 5.74) is 0.159. The summed E-state index contributed by atoms with van der Waals surface area (Å²) < 4.78 is 10.5. The highest BCUT2D eigenvalue weighted by molar-refractivity contribution is 6.03. The molecule has 35 heavy (non-hydrogen) atoms. The molecule has 9 nitrogen and oxygen atoms in total. The zero-order valence-corrected chi connectivity index (χ0v) is 18.6. The van der Waals surface area contributed by atoms with Crippen molar-refractivity contribution in [2.45, 2.75) is 12.5 Å². The normalized spacial score (nSPS) is 11.3. The van der Waals surface area contributed by atoms with E-state index in [0.29, 0.717) is 22.4 Å². The quantitative estimate of drug-likeness (QED) is 0.388. The van der Waals surface area contributed by atoms with Gasteiger partial charge in [0.25, 0.3) is 5.91 Å². The van der Waals surface area contributed by atoms with Crippen molar-refractivity contribution < 1.29 is 24.2 Å². The van der Waals surface area contributed by atoms with Crippen LogP contribution < -0.4 is 10.1 Å². The fourth-order valence-electron chi connectivity index (χ4n) is 3.52. The van der Waals surface area contributed by atoms with E-state index in [9.17, 15) is 20.0 Å². The first-order chi connectivity index (χ1) is 17.0. The molecular formula is C26H20N4O5. The van der Waals surface area contributed by atoms with Crippen molar-refractivity contribution in [1.29, 1.82) is 5.26 Å². The van der Waals surface area contributed by atoms with Crippen molar-refractivity contribution in [3.05, 3.63) is 90.0 Å². The Hall–Kier alpha value is -4.97. The van der Waals surface area contributed by atoms with Crippen molar-refractivity contribution in [2.75, 3.05) is 7.11 Å². The Morgan fingerprint density at radius 1 is 1.09 bits per heavy atom. The van der Waals surface area contributed by atoms with E-state index in [4.69, 9.17) is 9.47 Å². The van der Waals surface area contributed by atoms with Gasteiger partial charge < -0.3 is 19.9 Å². The molecule has 2 aromatic carbocycles. The average molecular weight is 468 g/mol. The van der Waals surface area contributed by atoms with E-state index in [1.807, 2.05) is 24.3 Å². The van der Waals surface area contributed by atoms with Crippen LogP contribution in [0.1, 0.15) is 34.2 Å². The average Bonchev–Trinajstić information content (AvgIpc) is 2.89. The number of carbonyl (C=O) groups excluding carboxylic acids is 2. The maximum Gasteiger partial charge on any atom is 0.307 e. The lowest BCUT2D eigenvalue weighted by atomic mass is 10.0. The van der Waals surface area contributed by atoms with Gasteiger partial charge in [-0.2, -0.15) is 5.26 Å². The molecule has 0 aliphatic rings. The van der Waals surface area contributed by atoms with Gasteiger partial charge in [-0.3, -0.25) is 14.6 Å². The molecule has 0 aliphatic heterocycles. The SMILES string of the molecule is COC(=O)CC(NC(=O)c1nc(C#N)c2cc(Oc3ccccc3)ccc2c1O)c1cccnc1. The van der Waals surface area contributed by atoms with Crippen molar-refractivity contribution >= 4 is 22.6 Å². The molecule has 2 heterocycles. The molecule has 4 aromatic rings. The number of hydrogen-bond acceptors (Lipinski definition) is 8. The van der Waals surface area contributed by atoms with Crippen molar-refractivity contribution in [1.82, 2.24) is 15.3 Å². The first-order valence-electron chi connectivity index (χ1n) is 10.6. The number of pyridine rings is 2. The number of nitrogens with one attached hydrogen (secondary N) is 1. The first-order valence-corrected chi connectivity index (χ1v) is 10.6. The summed E-state index contributed by atoms with van der Waals surface area (Å²) in [7, 11) is 1.25. The summed E-state index contributed by atoms with van der Waals surface area (Å²) >= 11 is 0. The van der Waals surface area contributed by atoms with E-state index < -0.39 is 23.7 Å². The van der Waals surface area contributed by atoms with Gasteiger partial charge in [-0.05, 0) is 42.0 Å². The maximum atomic E-state index is 13.1. The zero-order chi connectivity index (χ0) is 24.8. The predicted octanol–water partition coefficient (Wildman–Crippen LogP) is 4.03. The van der Waals surface area contributed by atoms with Crippen LogP contribution in [0.2, 0.25) is 0 Å². The van der Waals surface area contributed by atoms with Crippen LogP contribution in [0.3, 0.4) is 0 Å². The third kappa shape index (κ3) is 5.17. The standard InChI is InChI=1S/C26H20N4O5/c1-34-23(31)13-21(16-6-5-11-28-15-16)30-26(33)24-25(32)19-10-9-18(12-20(19)22(14-27)29-24)35-17-7-3-2-4-8-17/h2-12,15,21,32H,13H2,1H3,(H,30,33). The Balaban J connectivity index is 1.68. The van der Waals surface area contributed by atoms with Crippen LogP contribution in [0.15, 0.2) is 73.1 Å². The number of methoxy groups -OCH3 is 1. The summed E-state index contributed by atoms with van der Waals surface area (Å²) in [6, 6.07) is 18.4. The van der Waals surface area contributed by atoms with E-state index in [2.05, 4.69) is 15.3 Å². The number of amides is 1. The summed E-state index contributed by atoms with van der Waals surface area (Å²) in [5.74, 6) is -0.661. The zero-order valence-electron chi connectivity index (χ0n) is 18.6. The van der Waals surface area contributed by atoms with Crippen molar-refractivity contribution in [3.63, 3.8) is 0 Å². The lowest BCUT2D eigenvalue weighted by Crippen LogP contribution is -2.31. The van der Waals surface area contributed by atoms with Crippen LogP contribution >= 0.6 is 0 Å². The molecule has 0 radical (unpaired) electrons. The number of hydrogen-bond donors (Lipinski definition) is 2. The van der Waals surface area contributed by atoms with Crippen molar-refractivity contribution in [2.24, 2.45) is 0 Å². The fourth-order valence-corrected chi connectivity index (χ4v) is 3.52. The number of para-hydroxylation sites is 1. The van der Waals surface area contributed by atoms with E-state index in [-0.39, 0.29) is 23.2 Å². The molecule has 4 rings (SSSR count). The number of nitrogens with zero attached hydrogens (tertiary/aromatic N) is 3. The molecule has 0 spiro atoms. The van der Waals surface area contributed by atoms with E-state index in [1.54, 1.807) is 48.7 Å². The van der Waals surface area contributed by atoms with Gasteiger partial charge in [0.15, 0.2) is 11.4 Å². The van der Waals surface area contributed by atoms with Crippen molar-refractivity contribution in [3.8, 4) is 23.3 Å². The first kappa shape index (κ1) is 23.2. The molecule has 0 fully saturated rings. The van der Waals surface area contributed by atoms with Gasteiger partial charge in [0.2, 0.25) is 0 Å². The van der Waals surface area contributed by atoms with Gasteiger partial charge in [-0.15, -0.1) is 0 Å². The van der Waals surface area contributed by atoms with Crippen LogP contribution in [0.5, 0.6) is 17.2 Å². The van der Waals surface area contributed by atoms with Gasteiger partial charge in [0.1, 0.15) is 23.3 Å². The molecule has 1 unspecified atom stereocenters. The van der Waals surface area contributed by atoms with E-state index in [1.165, 1.54) is 13.3 Å². The second kappa shape index (κ2) is 10.3. The predicted molar refractivity (Wildman–Crippen MR) is 126 cm³/mol. The number of rotatable bonds is 7. The number of esters is 1. The van der Waals surface area contributed by atoms with Gasteiger partial charge >= 0.3 is 5.97 Å². The number of benzene rings is 2. The van der Waals surface area contributed by atoms with Gasteiger partial charge in [-0.25, -0.2) is 4.98 Å². The Morgan fingerprint density at radius 2 is 1.89 bits per heavy atom. The third-order valence-electron chi connectivity index (χ3n) is 5.24. The molecule has 2 N–H and O–H groups in total. The van der Waals surface area contributed by atoms with Crippen LogP contribution in [-0.4, -0.2) is 34.1 Å². The minimum Gasteiger partial charge on any atom is -0.505 e. The molecule has 1 amide bonds. The van der Waals surface area contributed by atoms with E-state index in [0.717, 1.165) is 0 Å². The summed E-state index contributed by atoms with van der Waals surface area (Å²) in [6.45, 7) is 0. The highest BCUT2D eigenvalue weighted by Gasteiger charge is 2.25. The number of aromatic nitrogens is 2. The Morgan fingerprint density at radius 3 is 2.57 bits per heavy atom. The molecule has 0 saturated carbocycles. The Kier molecular flexibility index (Phi) is 6.83. The van der Waals surface area contributed by atoms with Crippen LogP contribution in [0, 0.1) is 11.3 Å². The maximum absolute atomic E-state index is 13.1. The lowest BCUT2D eigenvalue weighted by molar-refractivity contribution is -0.141. The van der Waals surface area contributed by atoms with Gasteiger partial charge in [0, 0.05) is 23.2 Å². The van der Waals surface area contributed by atoms with Gasteiger partial charge in [-0.1, -0.05) is 24.3 Å². The third-order valence-corrected chi connectivity index (χ3v) is 5.24. The van der Waals surface area contributed by atoms with Gasteiger partial charge in [0.05, 0.1) is 19.6 Å². The molecule has 0 bridgehead atoms. The minimum absolute atomic E-state index is 0.0626. The Labute approximate surface area is 200 Å². The summed E-state index contributed by atoms with van der Waals surface area (Å²) in [4.78, 5) is 33.1. The number of carbonyl (C=O) groups is 2. The largest absolute Gasteiger partial charge is 0.505 e. The molecule has 174 valence electrons. The monoisotopic (exact) mass is 468 g/mol. The number of ether oxygens (including phenoxy) is 2. The molecule has 0 aliphatic carbocycles. The second-order valence-electron chi connectivity index (χ2n) is 7.48. The molecule has 9 heteroatoms. The minimum atomic E-state index is -0.785. The summed E-state index contributed by atoms with van der Waals surface area (Å²) in [6.07, 6.45) is 2.91. The highest BCUT2D eigenvalue weighted by Crippen LogP contribution is 2.34.